The van der Waals surface area contributed by atoms with Crippen LogP contribution in [0.15, 0.2) is 0 Å². The van der Waals surface area contributed by atoms with E-state index in [1.165, 1.54) is 0 Å². The van der Waals surface area contributed by atoms with E-state index >= 15 is 0 Å². The molecule has 90 valence electrons. The van der Waals surface area contributed by atoms with Gasteiger partial charge < -0.3 is 14.9 Å². The Morgan fingerprint density at radius 3 is 2.60 bits per heavy atom. The van der Waals surface area contributed by atoms with E-state index in [1.54, 1.807) is 18.7 Å². The third-order valence-electron chi connectivity index (χ3n) is 2.50. The summed E-state index contributed by atoms with van der Waals surface area (Å²) in [5.41, 5.74) is 0. The van der Waals surface area contributed by atoms with Crippen LogP contribution in [0.5, 0.6) is 0 Å². The number of morpholine rings is 1. The molecule has 1 aliphatic heterocycles. The molecule has 4 nitrogen and oxygen atoms in total. The van der Waals surface area contributed by atoms with Crippen LogP contribution < -0.4 is 0 Å². The van der Waals surface area contributed by atoms with Gasteiger partial charge in [0.25, 0.3) is 0 Å². The molecule has 0 aliphatic carbocycles. The van der Waals surface area contributed by atoms with Gasteiger partial charge in [-0.25, -0.2) is 0 Å². The van der Waals surface area contributed by atoms with E-state index in [0.717, 1.165) is 38.6 Å². The molecule has 0 saturated carbocycles. The molecule has 0 spiro atoms. The van der Waals surface area contributed by atoms with E-state index in [1.807, 2.05) is 0 Å². The van der Waals surface area contributed by atoms with Crippen molar-refractivity contribution in [2.45, 2.75) is 19.1 Å². The molecule has 2 atom stereocenters. The molecule has 0 amide bonds. The van der Waals surface area contributed by atoms with Crippen LogP contribution in [-0.4, -0.2) is 71.7 Å². The average molecular weight is 235 g/mol. The summed E-state index contributed by atoms with van der Waals surface area (Å²) in [4.78, 5) is 2.37. The van der Waals surface area contributed by atoms with E-state index in [0.29, 0.717) is 5.75 Å². The number of hydrogen-bond donors (Lipinski definition) is 2. The van der Waals surface area contributed by atoms with Gasteiger partial charge in [-0.15, -0.1) is 0 Å². The van der Waals surface area contributed by atoms with Crippen LogP contribution in [0.25, 0.3) is 0 Å². The van der Waals surface area contributed by atoms with Crippen molar-refractivity contribution in [2.75, 3.05) is 44.4 Å². The SMILES string of the molecule is CC(O)C(O)CSCCN1CCOCC1. The molecule has 0 radical (unpaired) electrons. The molecule has 15 heavy (non-hydrogen) atoms. The highest BCUT2D eigenvalue weighted by Crippen LogP contribution is 2.07. The summed E-state index contributed by atoms with van der Waals surface area (Å²) >= 11 is 1.69. The first-order chi connectivity index (χ1) is 7.20. The lowest BCUT2D eigenvalue weighted by Gasteiger charge is -2.26. The van der Waals surface area contributed by atoms with Crippen LogP contribution in [0.2, 0.25) is 0 Å². The molecule has 5 heteroatoms. The van der Waals surface area contributed by atoms with Gasteiger partial charge in [-0.2, -0.15) is 11.8 Å². The van der Waals surface area contributed by atoms with E-state index in [2.05, 4.69) is 4.90 Å². The van der Waals surface area contributed by atoms with Crippen molar-refractivity contribution in [3.63, 3.8) is 0 Å². The third-order valence-corrected chi connectivity index (χ3v) is 3.55. The smallest absolute Gasteiger partial charge is 0.0886 e. The van der Waals surface area contributed by atoms with Gasteiger partial charge in [0.05, 0.1) is 25.4 Å². The minimum absolute atomic E-state index is 0.598. The van der Waals surface area contributed by atoms with Crippen LogP contribution in [0.1, 0.15) is 6.92 Å². The van der Waals surface area contributed by atoms with Crippen molar-refractivity contribution >= 4 is 11.8 Å². The molecule has 0 aromatic rings. The second kappa shape index (κ2) is 7.46. The van der Waals surface area contributed by atoms with Gasteiger partial charge in [-0.05, 0) is 6.92 Å². The fourth-order valence-electron chi connectivity index (χ4n) is 1.36. The van der Waals surface area contributed by atoms with Crippen molar-refractivity contribution in [3.8, 4) is 0 Å². The molecule has 0 bridgehead atoms. The molecule has 0 aromatic heterocycles. The lowest BCUT2D eigenvalue weighted by molar-refractivity contribution is 0.0407. The van der Waals surface area contributed by atoms with Crippen LogP contribution in [0, 0.1) is 0 Å². The van der Waals surface area contributed by atoms with Gasteiger partial charge in [0, 0.05) is 31.1 Å². The van der Waals surface area contributed by atoms with Crippen molar-refractivity contribution in [1.29, 1.82) is 0 Å². The number of ether oxygens (including phenoxy) is 1. The number of rotatable bonds is 6. The minimum atomic E-state index is -0.624. The van der Waals surface area contributed by atoms with Gasteiger partial charge in [-0.3, -0.25) is 4.90 Å². The number of aliphatic hydroxyl groups is 2. The maximum atomic E-state index is 9.36. The maximum absolute atomic E-state index is 9.36. The third kappa shape index (κ3) is 5.73. The van der Waals surface area contributed by atoms with E-state index < -0.39 is 12.2 Å². The topological polar surface area (TPSA) is 52.9 Å². The van der Waals surface area contributed by atoms with E-state index in [9.17, 15) is 5.11 Å². The molecule has 0 aromatic carbocycles. The van der Waals surface area contributed by atoms with Gasteiger partial charge in [-0.1, -0.05) is 0 Å². The highest BCUT2D eigenvalue weighted by molar-refractivity contribution is 7.99. The Balaban J connectivity index is 1.96. The molecule has 2 N–H and O–H groups in total. The molecule has 1 saturated heterocycles. The standard InChI is InChI=1S/C10H21NO3S/c1-9(12)10(13)8-15-7-4-11-2-5-14-6-3-11/h9-10,12-13H,2-8H2,1H3. The summed E-state index contributed by atoms with van der Waals surface area (Å²) in [5, 5.41) is 18.4. The molecule has 1 fully saturated rings. The first-order valence-corrected chi connectivity index (χ1v) is 6.59. The number of thioether (sulfide) groups is 1. The Morgan fingerprint density at radius 1 is 1.33 bits per heavy atom. The fourth-order valence-corrected chi connectivity index (χ4v) is 2.44. The Hall–Kier alpha value is 0.190. The summed E-state index contributed by atoms with van der Waals surface area (Å²) in [6.07, 6.45) is -1.22. The van der Waals surface area contributed by atoms with Crippen molar-refractivity contribution in [2.24, 2.45) is 0 Å². The van der Waals surface area contributed by atoms with Gasteiger partial charge in [0.1, 0.15) is 0 Å². The zero-order valence-electron chi connectivity index (χ0n) is 9.26. The summed E-state index contributed by atoms with van der Waals surface area (Å²) in [5.74, 6) is 1.62. The average Bonchev–Trinajstić information content (AvgIpc) is 2.25. The lowest BCUT2D eigenvalue weighted by atomic mass is 10.3. The first kappa shape index (κ1) is 13.3. The van der Waals surface area contributed by atoms with Gasteiger partial charge >= 0.3 is 0 Å². The summed E-state index contributed by atoms with van der Waals surface area (Å²) in [6, 6.07) is 0. The summed E-state index contributed by atoms with van der Waals surface area (Å²) in [7, 11) is 0. The summed E-state index contributed by atoms with van der Waals surface area (Å²) in [6.45, 7) is 6.36. The van der Waals surface area contributed by atoms with Gasteiger partial charge in [0.2, 0.25) is 0 Å². The largest absolute Gasteiger partial charge is 0.391 e. The molecule has 1 aliphatic rings. The van der Waals surface area contributed by atoms with Crippen LogP contribution >= 0.6 is 11.8 Å². The number of aliphatic hydroxyl groups excluding tert-OH is 2. The number of nitrogens with zero attached hydrogens (tertiary/aromatic N) is 1. The van der Waals surface area contributed by atoms with Crippen molar-refractivity contribution < 1.29 is 14.9 Å². The van der Waals surface area contributed by atoms with E-state index in [4.69, 9.17) is 9.84 Å². The zero-order valence-corrected chi connectivity index (χ0v) is 10.1. The monoisotopic (exact) mass is 235 g/mol. The fraction of sp³-hybridized carbons (Fsp3) is 1.00. The maximum Gasteiger partial charge on any atom is 0.0886 e. The molecule has 1 heterocycles. The van der Waals surface area contributed by atoms with Crippen LogP contribution in [0.4, 0.5) is 0 Å². The predicted octanol–water partition coefficient (Wildman–Crippen LogP) is -0.207. The Labute approximate surface area is 95.6 Å². The normalized spacial score (nSPS) is 22.6. The van der Waals surface area contributed by atoms with Gasteiger partial charge in [0.15, 0.2) is 0 Å². The Kier molecular flexibility index (Phi) is 6.59. The summed E-state index contributed by atoms with van der Waals surface area (Å²) < 4.78 is 5.25. The van der Waals surface area contributed by atoms with E-state index in [-0.39, 0.29) is 0 Å². The zero-order chi connectivity index (χ0) is 11.1. The highest BCUT2D eigenvalue weighted by atomic mass is 32.2. The van der Waals surface area contributed by atoms with Crippen LogP contribution in [0.3, 0.4) is 0 Å². The van der Waals surface area contributed by atoms with Crippen molar-refractivity contribution in [1.82, 2.24) is 4.90 Å². The second-order valence-electron chi connectivity index (χ2n) is 3.84. The molecule has 2 unspecified atom stereocenters. The molecular weight excluding hydrogens is 214 g/mol. The van der Waals surface area contributed by atoms with Crippen LogP contribution in [-0.2, 0) is 4.74 Å². The Morgan fingerprint density at radius 2 is 2.00 bits per heavy atom. The quantitative estimate of drug-likeness (QED) is 0.624. The van der Waals surface area contributed by atoms with Crippen molar-refractivity contribution in [3.05, 3.63) is 0 Å². The molecular formula is C10H21NO3S. The number of hydrogen-bond acceptors (Lipinski definition) is 5. The highest BCUT2D eigenvalue weighted by Gasteiger charge is 2.12. The lowest BCUT2D eigenvalue weighted by Crippen LogP contribution is -2.37. The first-order valence-electron chi connectivity index (χ1n) is 5.44. The molecule has 1 rings (SSSR count). The predicted molar refractivity (Wildman–Crippen MR) is 62.3 cm³/mol. The minimum Gasteiger partial charge on any atom is -0.391 e. The second-order valence-corrected chi connectivity index (χ2v) is 4.99. The Bertz CT molecular complexity index is 163.